The topological polar surface area (TPSA) is 83.8 Å². The van der Waals surface area contributed by atoms with E-state index in [1.54, 1.807) is 0 Å². The van der Waals surface area contributed by atoms with E-state index in [-0.39, 0.29) is 18.6 Å². The van der Waals surface area contributed by atoms with Gasteiger partial charge < -0.3 is 14.9 Å². The van der Waals surface area contributed by atoms with E-state index in [2.05, 4.69) is 13.8 Å². The zero-order valence-corrected chi connectivity index (χ0v) is 16.9. The highest BCUT2D eigenvalue weighted by atomic mass is 16.6. The number of ketones is 1. The predicted octanol–water partition coefficient (Wildman–Crippen LogP) is 4.32. The maximum atomic E-state index is 12.3. The number of unbranched alkanes of at least 4 members (excludes halogenated alkanes) is 10. The molecule has 26 heavy (non-hydrogen) atoms. The van der Waals surface area contributed by atoms with Gasteiger partial charge in [-0.2, -0.15) is 0 Å². The van der Waals surface area contributed by atoms with Crippen molar-refractivity contribution in [1.82, 2.24) is 0 Å². The van der Waals surface area contributed by atoms with Crippen LogP contribution >= 0.6 is 0 Å². The lowest BCUT2D eigenvalue weighted by Crippen LogP contribution is -2.40. The molecule has 2 unspecified atom stereocenters. The molecule has 0 aliphatic heterocycles. The third-order valence-electron chi connectivity index (χ3n) is 4.62. The van der Waals surface area contributed by atoms with E-state index in [4.69, 9.17) is 9.84 Å². The molecule has 0 heterocycles. The summed E-state index contributed by atoms with van der Waals surface area (Å²) in [5, 5.41) is 19.0. The first-order valence-electron chi connectivity index (χ1n) is 10.6. The van der Waals surface area contributed by atoms with Gasteiger partial charge in [-0.15, -0.1) is 0 Å². The average Bonchev–Trinajstić information content (AvgIpc) is 2.64. The van der Waals surface area contributed by atoms with Crippen LogP contribution < -0.4 is 0 Å². The van der Waals surface area contributed by atoms with E-state index in [9.17, 15) is 14.7 Å². The van der Waals surface area contributed by atoms with Crippen LogP contribution in [0, 0.1) is 0 Å². The van der Waals surface area contributed by atoms with Gasteiger partial charge in [-0.25, -0.2) is 0 Å². The molecule has 0 aromatic heterocycles. The Hall–Kier alpha value is -0.940. The molecule has 0 spiro atoms. The van der Waals surface area contributed by atoms with Crippen molar-refractivity contribution < 1.29 is 24.5 Å². The van der Waals surface area contributed by atoms with Crippen LogP contribution in [0.4, 0.5) is 0 Å². The minimum atomic E-state index is -1.34. The van der Waals surface area contributed by atoms with E-state index in [1.165, 1.54) is 25.7 Å². The highest BCUT2D eigenvalue weighted by molar-refractivity contribution is 5.86. The first-order chi connectivity index (χ1) is 12.6. The molecular weight excluding hydrogens is 332 g/mol. The molecule has 0 aromatic rings. The number of hydrogen-bond donors (Lipinski definition) is 2. The highest BCUT2D eigenvalue weighted by Gasteiger charge is 2.29. The molecular formula is C21H40O5. The van der Waals surface area contributed by atoms with Gasteiger partial charge in [-0.3, -0.25) is 9.59 Å². The molecule has 0 aliphatic carbocycles. The molecule has 5 nitrogen and oxygen atoms in total. The van der Waals surface area contributed by atoms with Crippen LogP contribution in [0.5, 0.6) is 0 Å². The summed E-state index contributed by atoms with van der Waals surface area (Å²) in [7, 11) is 0. The summed E-state index contributed by atoms with van der Waals surface area (Å²) in [6.45, 7) is 3.72. The van der Waals surface area contributed by atoms with Gasteiger partial charge in [0.2, 0.25) is 0 Å². The predicted molar refractivity (Wildman–Crippen MR) is 104 cm³/mol. The van der Waals surface area contributed by atoms with Gasteiger partial charge in [0.05, 0.1) is 6.61 Å². The fourth-order valence-corrected chi connectivity index (χ4v) is 2.93. The third kappa shape index (κ3) is 13.3. The Morgan fingerprint density at radius 3 is 1.73 bits per heavy atom. The number of ether oxygens (including phenoxy) is 1. The second-order valence-corrected chi connectivity index (χ2v) is 7.16. The molecule has 0 radical (unpaired) electrons. The maximum Gasteiger partial charge on any atom is 0.306 e. The lowest BCUT2D eigenvalue weighted by atomic mass is 10.0. The lowest BCUT2D eigenvalue weighted by Gasteiger charge is -2.20. The average molecular weight is 373 g/mol. The number of aliphatic hydroxyl groups is 2. The lowest BCUT2D eigenvalue weighted by molar-refractivity contribution is -0.163. The molecule has 0 saturated heterocycles. The summed E-state index contributed by atoms with van der Waals surface area (Å²) in [6, 6.07) is 0. The molecule has 0 aromatic carbocycles. The van der Waals surface area contributed by atoms with Gasteiger partial charge in [-0.05, 0) is 12.8 Å². The Balaban J connectivity index is 4.12. The van der Waals surface area contributed by atoms with Crippen molar-refractivity contribution in [3.8, 4) is 0 Å². The standard InChI is InChI=1S/C21H40O5/c1-3-5-7-9-10-12-13-15-18(23)21(19(24)17-22)26-20(25)16-14-11-8-6-4-2/h19,21-22,24H,3-17H2,1-2H3. The molecule has 0 rings (SSSR count). The first kappa shape index (κ1) is 25.1. The minimum Gasteiger partial charge on any atom is -0.451 e. The van der Waals surface area contributed by atoms with Gasteiger partial charge in [-0.1, -0.05) is 78.1 Å². The number of carbonyl (C=O) groups excluding carboxylic acids is 2. The van der Waals surface area contributed by atoms with Gasteiger partial charge in [0.25, 0.3) is 0 Å². The SMILES string of the molecule is CCCCCCCCCC(=O)C(OC(=O)CCCCCCC)C(O)CO. The van der Waals surface area contributed by atoms with Crippen LogP contribution in [0.15, 0.2) is 0 Å². The smallest absolute Gasteiger partial charge is 0.306 e. The molecule has 0 amide bonds. The molecule has 2 N–H and O–H groups in total. The van der Waals surface area contributed by atoms with Crippen LogP contribution in [0.3, 0.4) is 0 Å². The Labute approximate surface area is 159 Å². The molecule has 2 atom stereocenters. The van der Waals surface area contributed by atoms with Gasteiger partial charge in [0.15, 0.2) is 11.9 Å². The molecule has 154 valence electrons. The monoisotopic (exact) mass is 372 g/mol. The third-order valence-corrected chi connectivity index (χ3v) is 4.62. The van der Waals surface area contributed by atoms with Crippen molar-refractivity contribution in [3.05, 3.63) is 0 Å². The first-order valence-corrected chi connectivity index (χ1v) is 10.6. The number of aliphatic hydroxyl groups excluding tert-OH is 2. The van der Waals surface area contributed by atoms with Crippen LogP contribution in [-0.4, -0.2) is 40.8 Å². The summed E-state index contributed by atoms with van der Waals surface area (Å²) in [5.74, 6) is -0.758. The minimum absolute atomic E-state index is 0.253. The summed E-state index contributed by atoms with van der Waals surface area (Å²) in [6.07, 6.45) is 10.7. The number of carbonyl (C=O) groups is 2. The van der Waals surface area contributed by atoms with Gasteiger partial charge in [0, 0.05) is 12.8 Å². The van der Waals surface area contributed by atoms with Crippen molar-refractivity contribution in [1.29, 1.82) is 0 Å². The number of rotatable bonds is 18. The Morgan fingerprint density at radius 2 is 1.23 bits per heavy atom. The second kappa shape index (κ2) is 17.5. The van der Waals surface area contributed by atoms with Crippen molar-refractivity contribution in [3.63, 3.8) is 0 Å². The van der Waals surface area contributed by atoms with Crippen LogP contribution in [0.2, 0.25) is 0 Å². The second-order valence-electron chi connectivity index (χ2n) is 7.16. The van der Waals surface area contributed by atoms with E-state index < -0.39 is 24.8 Å². The Morgan fingerprint density at radius 1 is 0.769 bits per heavy atom. The zero-order chi connectivity index (χ0) is 19.6. The highest BCUT2D eigenvalue weighted by Crippen LogP contribution is 2.13. The largest absolute Gasteiger partial charge is 0.451 e. The Bertz CT molecular complexity index is 356. The molecule has 0 aliphatic rings. The molecule has 0 saturated carbocycles. The quantitative estimate of drug-likeness (QED) is 0.276. The van der Waals surface area contributed by atoms with Crippen LogP contribution in [0.1, 0.15) is 104 Å². The number of hydrogen-bond acceptors (Lipinski definition) is 5. The number of esters is 1. The summed E-state index contributed by atoms with van der Waals surface area (Å²) >= 11 is 0. The van der Waals surface area contributed by atoms with E-state index in [0.717, 1.165) is 51.4 Å². The summed E-state index contributed by atoms with van der Waals surface area (Å²) in [4.78, 5) is 24.2. The van der Waals surface area contributed by atoms with Crippen molar-refractivity contribution in [2.24, 2.45) is 0 Å². The molecule has 5 heteroatoms. The fourth-order valence-electron chi connectivity index (χ4n) is 2.93. The van der Waals surface area contributed by atoms with Crippen molar-refractivity contribution in [2.75, 3.05) is 6.61 Å². The van der Waals surface area contributed by atoms with Gasteiger partial charge >= 0.3 is 5.97 Å². The Kier molecular flexibility index (Phi) is 16.8. The molecule has 0 bridgehead atoms. The van der Waals surface area contributed by atoms with Crippen LogP contribution in [0.25, 0.3) is 0 Å². The number of Topliss-reactive ketones (excluding diaryl/α,β-unsaturated/α-hetero) is 1. The van der Waals surface area contributed by atoms with Crippen LogP contribution in [-0.2, 0) is 14.3 Å². The summed E-state index contributed by atoms with van der Waals surface area (Å²) < 4.78 is 5.18. The van der Waals surface area contributed by atoms with Crippen molar-refractivity contribution >= 4 is 11.8 Å². The zero-order valence-electron chi connectivity index (χ0n) is 16.9. The normalized spacial score (nSPS) is 13.4. The fraction of sp³-hybridized carbons (Fsp3) is 0.905. The maximum absolute atomic E-state index is 12.3. The van der Waals surface area contributed by atoms with E-state index >= 15 is 0 Å². The molecule has 0 fully saturated rings. The summed E-state index contributed by atoms with van der Waals surface area (Å²) in [5.41, 5.74) is 0. The van der Waals surface area contributed by atoms with E-state index in [1.807, 2.05) is 0 Å². The van der Waals surface area contributed by atoms with Crippen molar-refractivity contribution in [2.45, 2.75) is 116 Å². The van der Waals surface area contributed by atoms with E-state index in [0.29, 0.717) is 0 Å². The van der Waals surface area contributed by atoms with Gasteiger partial charge in [0.1, 0.15) is 6.10 Å².